The highest BCUT2D eigenvalue weighted by atomic mass is 34.4. The second-order valence-corrected chi connectivity index (χ2v) is 66.1. The molecule has 128 valence electrons. The Kier molecular flexibility index (Phi) is 10.4. The molecule has 0 N–H and O–H groups in total. The van der Waals surface area contributed by atoms with Crippen molar-refractivity contribution in [1.29, 1.82) is 1.12 Å². The third-order valence-corrected chi connectivity index (χ3v) is 108. The number of thiol groups is 1. The van der Waals surface area contributed by atoms with Crippen molar-refractivity contribution in [2.75, 3.05) is 0 Å². The fourth-order valence-corrected chi connectivity index (χ4v) is 107. The van der Waals surface area contributed by atoms with E-state index in [1.54, 1.807) is 0 Å². The Morgan fingerprint density at radius 1 is 0.667 bits per heavy atom. The van der Waals surface area contributed by atoms with Gasteiger partial charge in [-0.1, -0.05) is 27.6 Å². The molecule has 0 heterocycles. The molecule has 0 bridgehead atoms. The highest BCUT2D eigenvalue weighted by molar-refractivity contribution is 9.66. The van der Waals surface area contributed by atoms with E-state index >= 15 is 0 Å². The molecule has 0 saturated heterocycles. The van der Waals surface area contributed by atoms with Crippen LogP contribution in [-0.4, -0.2) is 1.12 Å². The van der Waals surface area contributed by atoms with Crippen molar-refractivity contribution in [3.05, 3.63) is 0 Å². The van der Waals surface area contributed by atoms with Gasteiger partial charge in [0.05, 0.1) is 0 Å². The van der Waals surface area contributed by atoms with Crippen LogP contribution in [-0.2, 0) is 197 Å². The zero-order valence-corrected chi connectivity index (χ0v) is 25.7. The van der Waals surface area contributed by atoms with Crippen LogP contribution in [0.5, 0.6) is 0 Å². The molecule has 21 heteroatoms. The van der Waals surface area contributed by atoms with Gasteiger partial charge in [0, 0.05) is 20.8 Å². The minimum absolute atomic E-state index is 1.26. The lowest BCUT2D eigenvalue weighted by molar-refractivity contribution is 5.08. The predicted molar refractivity (Wildman–Crippen MR) is 156 cm³/mol. The van der Waals surface area contributed by atoms with Crippen LogP contribution in [0.25, 0.3) is 0 Å². The number of hydrogen-bond donors (Lipinski definition) is 1. The minimum Gasteiger partial charge on any atom is -0.271 e. The van der Waals surface area contributed by atoms with E-state index in [0.717, 1.165) is 0 Å². The van der Waals surface area contributed by atoms with Crippen LogP contribution in [0, 0.1) is 0 Å². The highest BCUT2D eigenvalue weighted by Crippen LogP contribution is 2.29. The molecule has 0 aliphatic carbocycles. The summed E-state index contributed by atoms with van der Waals surface area (Å²) in [7, 11) is -1.26. The van der Waals surface area contributed by atoms with Crippen molar-refractivity contribution >= 4 is 197 Å². The Morgan fingerprint density at radius 3 is 1.24 bits per heavy atom. The van der Waals surface area contributed by atoms with Crippen molar-refractivity contribution in [2.24, 2.45) is 0 Å². The largest absolute Gasteiger partial charge is 0.271 e. The molecule has 0 aliphatic rings. The van der Waals surface area contributed by atoms with Gasteiger partial charge in [0.2, 0.25) is 0 Å². The average molecular weight is 675 g/mol. The summed E-state index contributed by atoms with van der Waals surface area (Å²) in [6, 6.07) is 0. The lowest BCUT2D eigenvalue weighted by Crippen LogP contribution is -2.29. The van der Waals surface area contributed by atoms with Crippen molar-refractivity contribution in [2.45, 2.75) is 0 Å². The van der Waals surface area contributed by atoms with Gasteiger partial charge in [0.15, 0.2) is 0 Å². The summed E-state index contributed by atoms with van der Waals surface area (Å²) < 4.78 is 7.92. The zero-order valence-electron chi connectivity index (χ0n) is 9.57. The first-order chi connectivity index (χ1) is 9.19. The second kappa shape index (κ2) is 8.91. The monoisotopic (exact) mass is 673 g/mol. The molecule has 0 aliphatic heterocycles. The molecular weight excluding hydrogens is 673 g/mol. The Balaban J connectivity index is 7.27. The molecule has 0 atom stereocenters. The first-order valence-electron chi connectivity index (χ1n) is 3.74. The van der Waals surface area contributed by atoms with Gasteiger partial charge in [0.25, 0.3) is 0 Å². The molecular formula is HS21-. The fourth-order valence-electron chi connectivity index (χ4n) is 0.442. The first kappa shape index (κ1) is 24.6. The van der Waals surface area contributed by atoms with Crippen LogP contribution in [0.4, 0.5) is 0 Å². The van der Waals surface area contributed by atoms with E-state index < -0.39 is 40.0 Å². The summed E-state index contributed by atoms with van der Waals surface area (Å²) in [5.41, 5.74) is 0. The van der Waals surface area contributed by atoms with Crippen molar-refractivity contribution in [1.82, 2.24) is 0 Å². The maximum absolute atomic E-state index is 7.92. The molecule has 0 amide bonds. The van der Waals surface area contributed by atoms with Gasteiger partial charge >= 0.3 is 0 Å². The van der Waals surface area contributed by atoms with Gasteiger partial charge in [-0.2, -0.15) is 0 Å². The van der Waals surface area contributed by atoms with E-state index in [-0.39, 0.29) is 0 Å². The van der Waals surface area contributed by atoms with E-state index in [9.17, 15) is 0 Å². The number of rotatable bonds is 6. The summed E-state index contributed by atoms with van der Waals surface area (Å²) >= 11 is 73.9. The van der Waals surface area contributed by atoms with Crippen LogP contribution in [0.3, 0.4) is 0 Å². The minimum atomic E-state index is -3.01. The number of hydrogen-bond acceptors (Lipinski definition) is 15. The SMILES string of the molecule is [2H]S(=S)(=S)S(=S)(=S)S(=S)(=S)S(=S)(=S)S(=S)(=S)S(=S)(=S)[S-](=S)=S. The Hall–Kier alpha value is 5.53. The maximum atomic E-state index is 7.92. The van der Waals surface area contributed by atoms with Gasteiger partial charge in [-0.3, -0.25) is 7.05 Å². The maximum Gasteiger partial charge on any atom is 0.126 e. The molecule has 0 radical (unpaired) electrons. The quantitative estimate of drug-likeness (QED) is 0.222. The van der Waals surface area contributed by atoms with E-state index in [2.05, 4.69) is 0 Å². The summed E-state index contributed by atoms with van der Waals surface area (Å²) in [5.74, 6) is 0. The molecule has 0 saturated carbocycles. The summed E-state index contributed by atoms with van der Waals surface area (Å²) in [4.78, 5) is 0. The lowest BCUT2D eigenvalue weighted by atomic mass is 29.8. The summed E-state index contributed by atoms with van der Waals surface area (Å²) in [5, 5.41) is -14.5. The fraction of sp³-hybridized carbons (Fsp3) is 0. The molecule has 0 aromatic rings. The van der Waals surface area contributed by atoms with Crippen LogP contribution in [0.2, 0.25) is 0 Å². The molecule has 0 rings (SSSR count). The molecule has 0 aromatic heterocycles. The van der Waals surface area contributed by atoms with Crippen molar-refractivity contribution in [3.8, 4) is 0 Å². The normalized spacial score (nSPS) is 16.5. The van der Waals surface area contributed by atoms with Gasteiger partial charge < -0.3 is 0 Å². The first-order valence-corrected chi connectivity index (χ1v) is 30.0. The molecule has 21 heavy (non-hydrogen) atoms. The third-order valence-electron chi connectivity index (χ3n) is 1.33. The van der Waals surface area contributed by atoms with Crippen molar-refractivity contribution < 1.29 is 0 Å². The smallest absolute Gasteiger partial charge is 0.126 e. The Labute approximate surface area is 193 Å². The Bertz CT molecular complexity index is 1160. The van der Waals surface area contributed by atoms with Gasteiger partial charge in [-0.15, -0.1) is 0 Å². The highest BCUT2D eigenvalue weighted by Gasteiger charge is 2.30. The second-order valence-electron chi connectivity index (χ2n) is 2.45. The predicted octanol–water partition coefficient (Wildman–Crippen LogP) is -0.318. The Morgan fingerprint density at radius 2 is 1.00 bits per heavy atom. The van der Waals surface area contributed by atoms with Gasteiger partial charge in [-0.25, -0.2) is 22.4 Å². The van der Waals surface area contributed by atoms with E-state index in [0.29, 0.717) is 0 Å². The molecule has 0 nitrogen and oxygen atoms in total. The topological polar surface area (TPSA) is 0 Å². The van der Waals surface area contributed by atoms with Crippen LogP contribution in [0.1, 0.15) is 0 Å². The molecule has 0 aromatic carbocycles. The average Bonchev–Trinajstić information content (AvgIpc) is 2.25. The molecule has 0 spiro atoms. The van der Waals surface area contributed by atoms with Crippen molar-refractivity contribution in [3.63, 3.8) is 0 Å². The van der Waals surface area contributed by atoms with Crippen LogP contribution >= 0.6 is 0 Å². The van der Waals surface area contributed by atoms with E-state index in [1.807, 2.05) is 0 Å². The molecule has 0 unspecified atom stereocenters. The van der Waals surface area contributed by atoms with Crippen LogP contribution in [0.15, 0.2) is 0 Å². The summed E-state index contributed by atoms with van der Waals surface area (Å²) in [6.07, 6.45) is 0. The van der Waals surface area contributed by atoms with E-state index in [1.165, 1.54) is 0 Å². The van der Waals surface area contributed by atoms with Crippen LogP contribution < -0.4 is 0 Å². The standard InChI is InChI=1S/HS21/c1-15(2)17(5,6)19(9,10)21(13,14)20(11,12)18(7,8)16(3)4/h15H/q-1/i15D. The summed E-state index contributed by atoms with van der Waals surface area (Å²) in [6.45, 7) is -3.01. The van der Waals surface area contributed by atoms with E-state index in [4.69, 9.17) is 158 Å². The lowest BCUT2D eigenvalue weighted by Gasteiger charge is -2.29. The van der Waals surface area contributed by atoms with Gasteiger partial charge in [0.1, 0.15) is 1.12 Å². The van der Waals surface area contributed by atoms with Gasteiger partial charge in [-0.05, 0) is 119 Å². The third kappa shape index (κ3) is 4.93. The molecule has 0 fully saturated rings. The zero-order chi connectivity index (χ0) is 18.6.